The van der Waals surface area contributed by atoms with Crippen molar-refractivity contribution in [2.24, 2.45) is 5.92 Å². The Bertz CT molecular complexity index is 1190. The topological polar surface area (TPSA) is 101 Å². The number of aromatic hydroxyl groups is 1. The largest absolute Gasteiger partial charge is 0.508 e. The average molecular weight is 500 g/mol. The van der Waals surface area contributed by atoms with E-state index in [1.54, 1.807) is 30.3 Å². The Kier molecular flexibility index (Phi) is 7.84. The van der Waals surface area contributed by atoms with Crippen molar-refractivity contribution in [2.75, 3.05) is 17.1 Å². The van der Waals surface area contributed by atoms with E-state index in [0.717, 1.165) is 29.0 Å². The molecule has 0 bridgehead atoms. The highest BCUT2D eigenvalue weighted by Gasteiger charge is 2.20. The standard InChI is InChI=1S/C25H29N3O4S2/c1-16-24(33-25(26-16)27-23(30)13-17-7-4-3-5-8-17)18-11-12-21(32-2)22(14-18)34(31)28-19-9-6-10-20(29)15-19/h6,9-12,14-15,17,28-29H,3-5,7-8,13H2,1-2H3,(H,26,27,30). The van der Waals surface area contributed by atoms with Gasteiger partial charge in [-0.05, 0) is 61.6 Å². The fourth-order valence-electron chi connectivity index (χ4n) is 4.24. The van der Waals surface area contributed by atoms with Crippen LogP contribution >= 0.6 is 11.3 Å². The number of aryl methyl sites for hydroxylation is 1. The molecule has 1 heterocycles. The minimum atomic E-state index is -1.62. The number of benzene rings is 2. The van der Waals surface area contributed by atoms with Crippen LogP contribution in [0.1, 0.15) is 44.2 Å². The molecule has 4 rings (SSSR count). The van der Waals surface area contributed by atoms with Crippen LogP contribution in [0.5, 0.6) is 11.5 Å². The zero-order chi connectivity index (χ0) is 24.1. The van der Waals surface area contributed by atoms with Crippen LogP contribution in [0.25, 0.3) is 10.4 Å². The Hall–Kier alpha value is -2.91. The molecule has 2 aromatic carbocycles. The molecule has 1 amide bonds. The summed E-state index contributed by atoms with van der Waals surface area (Å²) in [7, 11) is -0.0935. The van der Waals surface area contributed by atoms with E-state index in [1.165, 1.54) is 43.8 Å². The third kappa shape index (κ3) is 5.95. The fraction of sp³-hybridized carbons (Fsp3) is 0.360. The molecule has 1 unspecified atom stereocenters. The summed E-state index contributed by atoms with van der Waals surface area (Å²) in [5, 5.41) is 13.2. The van der Waals surface area contributed by atoms with Gasteiger partial charge in [-0.15, -0.1) is 0 Å². The van der Waals surface area contributed by atoms with Gasteiger partial charge in [0.2, 0.25) is 5.91 Å². The Morgan fingerprint density at radius 2 is 2.00 bits per heavy atom. The summed E-state index contributed by atoms with van der Waals surface area (Å²) in [6.07, 6.45) is 6.47. The van der Waals surface area contributed by atoms with Crippen LogP contribution in [0.2, 0.25) is 0 Å². The van der Waals surface area contributed by atoms with Crippen LogP contribution in [0, 0.1) is 12.8 Å². The molecule has 0 spiro atoms. The lowest BCUT2D eigenvalue weighted by Gasteiger charge is -2.20. The number of amides is 1. The highest BCUT2D eigenvalue weighted by Crippen LogP contribution is 2.36. The summed E-state index contributed by atoms with van der Waals surface area (Å²) in [6.45, 7) is 1.90. The van der Waals surface area contributed by atoms with Gasteiger partial charge in [0, 0.05) is 12.5 Å². The predicted molar refractivity (Wildman–Crippen MR) is 137 cm³/mol. The summed E-state index contributed by atoms with van der Waals surface area (Å²) < 4.78 is 21.4. The Labute approximate surface area is 206 Å². The van der Waals surface area contributed by atoms with Crippen molar-refractivity contribution >= 4 is 39.0 Å². The van der Waals surface area contributed by atoms with Gasteiger partial charge in [-0.2, -0.15) is 0 Å². The van der Waals surface area contributed by atoms with Crippen LogP contribution in [0.15, 0.2) is 47.4 Å². The average Bonchev–Trinajstić information content (AvgIpc) is 3.18. The van der Waals surface area contributed by atoms with E-state index in [2.05, 4.69) is 15.0 Å². The molecule has 3 aromatic rings. The van der Waals surface area contributed by atoms with Crippen LogP contribution < -0.4 is 14.8 Å². The number of phenolic OH excluding ortho intramolecular Hbond substituents is 1. The number of ether oxygens (including phenoxy) is 1. The molecule has 1 saturated carbocycles. The van der Waals surface area contributed by atoms with Gasteiger partial charge in [0.25, 0.3) is 0 Å². The molecule has 180 valence electrons. The molecule has 7 nitrogen and oxygen atoms in total. The lowest BCUT2D eigenvalue weighted by molar-refractivity contribution is -0.117. The minimum absolute atomic E-state index is 0.0130. The van der Waals surface area contributed by atoms with Gasteiger partial charge < -0.3 is 19.9 Å². The zero-order valence-electron chi connectivity index (χ0n) is 19.3. The predicted octanol–water partition coefficient (Wildman–Crippen LogP) is 5.88. The maximum absolute atomic E-state index is 13.1. The highest BCUT2D eigenvalue weighted by atomic mass is 32.2. The maximum Gasteiger partial charge on any atom is 0.226 e. The van der Waals surface area contributed by atoms with Crippen LogP contribution in [0.3, 0.4) is 0 Å². The second-order valence-corrected chi connectivity index (χ2v) is 10.7. The molecule has 0 radical (unpaired) electrons. The molecule has 1 aliphatic carbocycles. The maximum atomic E-state index is 13.1. The number of methoxy groups -OCH3 is 1. The molecule has 0 aliphatic heterocycles. The number of hydrogen-bond acceptors (Lipinski definition) is 6. The van der Waals surface area contributed by atoms with Gasteiger partial charge in [-0.25, -0.2) is 9.19 Å². The summed E-state index contributed by atoms with van der Waals surface area (Å²) in [4.78, 5) is 18.5. The van der Waals surface area contributed by atoms with E-state index in [1.807, 2.05) is 13.0 Å². The molecule has 1 aliphatic rings. The number of rotatable bonds is 8. The molecule has 34 heavy (non-hydrogen) atoms. The lowest BCUT2D eigenvalue weighted by Crippen LogP contribution is -2.18. The number of hydrogen-bond donors (Lipinski definition) is 3. The fourth-order valence-corrected chi connectivity index (χ4v) is 6.23. The third-order valence-electron chi connectivity index (χ3n) is 5.92. The second kappa shape index (κ2) is 11.0. The monoisotopic (exact) mass is 499 g/mol. The molecule has 0 saturated heterocycles. The molecular weight excluding hydrogens is 470 g/mol. The lowest BCUT2D eigenvalue weighted by atomic mass is 9.87. The van der Waals surface area contributed by atoms with Crippen molar-refractivity contribution in [3.05, 3.63) is 48.2 Å². The van der Waals surface area contributed by atoms with Crippen LogP contribution in [0.4, 0.5) is 10.8 Å². The van der Waals surface area contributed by atoms with Crippen LogP contribution in [-0.2, 0) is 15.8 Å². The normalized spacial score (nSPS) is 15.0. The number of nitrogens with zero attached hydrogens (tertiary/aromatic N) is 1. The first-order valence-corrected chi connectivity index (χ1v) is 13.3. The number of aromatic nitrogens is 1. The molecule has 1 fully saturated rings. The zero-order valence-corrected chi connectivity index (χ0v) is 20.9. The molecule has 3 N–H and O–H groups in total. The quantitative estimate of drug-likeness (QED) is 0.360. The van der Waals surface area contributed by atoms with Crippen molar-refractivity contribution in [1.82, 2.24) is 4.98 Å². The third-order valence-corrected chi connectivity index (χ3v) is 8.19. The summed E-state index contributed by atoms with van der Waals surface area (Å²) in [5.74, 6) is 1.05. The Balaban J connectivity index is 1.52. The van der Waals surface area contributed by atoms with E-state index >= 15 is 0 Å². The van der Waals surface area contributed by atoms with Crippen LogP contribution in [-0.4, -0.2) is 27.3 Å². The van der Waals surface area contributed by atoms with E-state index < -0.39 is 11.0 Å². The summed E-state index contributed by atoms with van der Waals surface area (Å²) in [6, 6.07) is 11.9. The summed E-state index contributed by atoms with van der Waals surface area (Å²) >= 11 is 1.41. The molecule has 9 heteroatoms. The molecule has 1 atom stereocenters. The molecular formula is C25H29N3O4S2. The first kappa shape index (κ1) is 24.2. The van der Waals surface area contributed by atoms with E-state index in [4.69, 9.17) is 4.74 Å². The van der Waals surface area contributed by atoms with Gasteiger partial charge in [0.05, 0.1) is 23.4 Å². The highest BCUT2D eigenvalue weighted by molar-refractivity contribution is 7.86. The Morgan fingerprint density at radius 3 is 2.74 bits per heavy atom. The van der Waals surface area contributed by atoms with Crippen molar-refractivity contribution in [3.63, 3.8) is 0 Å². The van der Waals surface area contributed by atoms with Gasteiger partial charge in [0.15, 0.2) is 16.1 Å². The summed E-state index contributed by atoms with van der Waals surface area (Å²) in [5.41, 5.74) is 2.16. The van der Waals surface area contributed by atoms with Crippen molar-refractivity contribution in [3.8, 4) is 21.9 Å². The van der Waals surface area contributed by atoms with Crippen molar-refractivity contribution in [2.45, 2.75) is 50.3 Å². The van der Waals surface area contributed by atoms with E-state index in [9.17, 15) is 14.1 Å². The van der Waals surface area contributed by atoms with Gasteiger partial charge in [0.1, 0.15) is 16.4 Å². The van der Waals surface area contributed by atoms with Crippen molar-refractivity contribution < 1.29 is 18.8 Å². The Morgan fingerprint density at radius 1 is 1.21 bits per heavy atom. The van der Waals surface area contributed by atoms with E-state index in [-0.39, 0.29) is 11.7 Å². The number of phenols is 1. The number of thiazole rings is 1. The second-order valence-electron chi connectivity index (χ2n) is 8.48. The van der Waals surface area contributed by atoms with Gasteiger partial charge in [-0.3, -0.25) is 4.79 Å². The first-order valence-electron chi connectivity index (χ1n) is 11.4. The number of carbonyl (C=O) groups is 1. The number of anilines is 2. The SMILES string of the molecule is COc1ccc(-c2sc(NC(=O)CC3CCCCC3)nc2C)cc1S(=O)Nc1cccc(O)c1. The van der Waals surface area contributed by atoms with E-state index in [0.29, 0.717) is 33.8 Å². The minimum Gasteiger partial charge on any atom is -0.508 e. The number of nitrogens with one attached hydrogen (secondary N) is 2. The molecule has 1 aromatic heterocycles. The number of carbonyl (C=O) groups excluding carboxylic acids is 1. The first-order chi connectivity index (χ1) is 16.4. The smallest absolute Gasteiger partial charge is 0.226 e. The van der Waals surface area contributed by atoms with Crippen molar-refractivity contribution in [1.29, 1.82) is 0 Å². The van der Waals surface area contributed by atoms with Gasteiger partial charge >= 0.3 is 0 Å². The van der Waals surface area contributed by atoms with Gasteiger partial charge in [-0.1, -0.05) is 36.7 Å².